The van der Waals surface area contributed by atoms with Crippen LogP contribution in [0, 0.1) is 5.41 Å². The molecule has 2 atom stereocenters. The fourth-order valence-electron chi connectivity index (χ4n) is 6.75. The molecule has 0 radical (unpaired) electrons. The average molecular weight is 702 g/mol. The molecule has 2 unspecified atom stereocenters. The van der Waals surface area contributed by atoms with Crippen molar-refractivity contribution in [2.45, 2.75) is 65.3 Å². The number of ether oxygens (including phenoxy) is 1. The molecule has 0 fully saturated rings. The molecular formula is C43H51NO4Si2. The lowest BCUT2D eigenvalue weighted by Gasteiger charge is -2.45. The van der Waals surface area contributed by atoms with Gasteiger partial charge in [-0.25, -0.2) is 4.79 Å². The first kappa shape index (κ1) is 37.0. The van der Waals surface area contributed by atoms with Crippen molar-refractivity contribution in [2.24, 2.45) is 5.41 Å². The number of hydrogen-bond acceptors (Lipinski definition) is 4. The molecule has 0 bridgehead atoms. The third kappa shape index (κ3) is 9.09. The van der Waals surface area contributed by atoms with Gasteiger partial charge in [0.15, 0.2) is 0 Å². The van der Waals surface area contributed by atoms with E-state index in [1.165, 1.54) is 20.7 Å². The first-order chi connectivity index (χ1) is 24.0. The topological polar surface area (TPSA) is 56.8 Å². The van der Waals surface area contributed by atoms with Gasteiger partial charge in [-0.2, -0.15) is 0 Å². The number of amides is 1. The van der Waals surface area contributed by atoms with Crippen molar-refractivity contribution in [3.63, 3.8) is 0 Å². The van der Waals surface area contributed by atoms with Gasteiger partial charge >= 0.3 is 6.09 Å². The van der Waals surface area contributed by atoms with Gasteiger partial charge in [0.25, 0.3) is 8.32 Å². The van der Waals surface area contributed by atoms with Crippen LogP contribution in [0.4, 0.5) is 4.79 Å². The molecule has 0 aliphatic carbocycles. The second-order valence-corrected chi connectivity index (χ2v) is 21.6. The monoisotopic (exact) mass is 701 g/mol. The highest BCUT2D eigenvalue weighted by Crippen LogP contribution is 2.37. The van der Waals surface area contributed by atoms with Crippen molar-refractivity contribution in [3.05, 3.63) is 157 Å². The molecular weight excluding hydrogens is 651 g/mol. The largest absolute Gasteiger partial charge is 0.445 e. The normalized spacial score (nSPS) is 13.4. The van der Waals surface area contributed by atoms with E-state index in [1.807, 2.05) is 54.6 Å². The zero-order valence-electron chi connectivity index (χ0n) is 30.2. The molecule has 1 N–H and O–H groups in total. The Morgan fingerprint density at radius 1 is 0.640 bits per heavy atom. The van der Waals surface area contributed by atoms with E-state index < -0.39 is 35.6 Å². The first-order valence-electron chi connectivity index (χ1n) is 17.5. The molecule has 1 amide bonds. The number of rotatable bonds is 13. The summed E-state index contributed by atoms with van der Waals surface area (Å²) in [6.45, 7) is 13.7. The van der Waals surface area contributed by atoms with Crippen molar-refractivity contribution < 1.29 is 18.4 Å². The third-order valence-electron chi connectivity index (χ3n) is 9.12. The zero-order valence-corrected chi connectivity index (χ0v) is 32.4. The van der Waals surface area contributed by atoms with Crippen molar-refractivity contribution >= 4 is 44.2 Å². The maximum atomic E-state index is 13.7. The lowest BCUT2D eigenvalue weighted by molar-refractivity contribution is 0.0304. The molecule has 0 saturated heterocycles. The van der Waals surface area contributed by atoms with Gasteiger partial charge in [-0.3, -0.25) is 0 Å². The molecule has 5 rings (SSSR count). The van der Waals surface area contributed by atoms with E-state index in [1.54, 1.807) is 0 Å². The molecule has 0 aliphatic heterocycles. The van der Waals surface area contributed by atoms with Crippen LogP contribution in [0.25, 0.3) is 0 Å². The molecule has 7 heteroatoms. The van der Waals surface area contributed by atoms with Crippen LogP contribution < -0.4 is 26.1 Å². The number of benzene rings is 5. The van der Waals surface area contributed by atoms with E-state index in [0.717, 1.165) is 5.56 Å². The number of carbonyl (C=O) groups is 1. The molecule has 0 aliphatic rings. The number of hydrogen-bond donors (Lipinski definition) is 1. The van der Waals surface area contributed by atoms with Crippen LogP contribution in [0.1, 0.15) is 47.1 Å². The Kier molecular flexibility index (Phi) is 12.3. The maximum absolute atomic E-state index is 13.7. The van der Waals surface area contributed by atoms with Crippen molar-refractivity contribution in [3.8, 4) is 0 Å². The predicted octanol–water partition coefficient (Wildman–Crippen LogP) is 6.83. The smallest absolute Gasteiger partial charge is 0.407 e. The summed E-state index contributed by atoms with van der Waals surface area (Å²) in [5.74, 6) is 0. The summed E-state index contributed by atoms with van der Waals surface area (Å²) in [5.41, 5.74) is 0.549. The standard InChI is InChI=1S/C43H51NO4Si2/c1-42(2,3)40(48-49(35-24-14-8-15-25-35)36-26-16-9-17-27-36)39(44-41(45)46-32-34-22-12-7-13-23-34)33-47-50(43(4,5)6,37-28-18-10-19-29-37)38-30-20-11-21-31-38/h7-31,39-40,49H,32-33H2,1-6H3,(H,44,45). The fourth-order valence-corrected chi connectivity index (χ4v) is 14.1. The third-order valence-corrected chi connectivity index (χ3v) is 16.7. The minimum Gasteiger partial charge on any atom is -0.445 e. The Bertz CT molecular complexity index is 1660. The van der Waals surface area contributed by atoms with Crippen molar-refractivity contribution in [2.75, 3.05) is 6.61 Å². The number of carbonyl (C=O) groups excluding carboxylic acids is 1. The minimum absolute atomic E-state index is 0.168. The number of nitrogens with one attached hydrogen (secondary N) is 1. The highest BCUT2D eigenvalue weighted by atomic mass is 28.4. The molecule has 0 aromatic heterocycles. The van der Waals surface area contributed by atoms with E-state index in [2.05, 4.69) is 144 Å². The van der Waals surface area contributed by atoms with Gasteiger partial charge in [0.05, 0.1) is 18.8 Å². The molecule has 50 heavy (non-hydrogen) atoms. The summed E-state index contributed by atoms with van der Waals surface area (Å²) in [7, 11) is -5.17. The van der Waals surface area contributed by atoms with E-state index in [0.29, 0.717) is 0 Å². The van der Waals surface area contributed by atoms with Gasteiger partial charge in [0.2, 0.25) is 9.04 Å². The Morgan fingerprint density at radius 2 is 1.06 bits per heavy atom. The van der Waals surface area contributed by atoms with Gasteiger partial charge in [0, 0.05) is 0 Å². The van der Waals surface area contributed by atoms with E-state index in [9.17, 15) is 4.79 Å². The summed E-state index contributed by atoms with van der Waals surface area (Å²) in [5, 5.41) is 7.73. The Morgan fingerprint density at radius 3 is 1.48 bits per heavy atom. The number of alkyl carbamates (subject to hydrolysis) is 1. The summed E-state index contributed by atoms with van der Waals surface area (Å²) >= 11 is 0. The van der Waals surface area contributed by atoms with Crippen molar-refractivity contribution in [1.82, 2.24) is 5.32 Å². The Labute approximate surface area is 301 Å². The summed E-state index contributed by atoms with van der Waals surface area (Å²) < 4.78 is 20.7. The average Bonchev–Trinajstić information content (AvgIpc) is 3.12. The molecule has 0 saturated carbocycles. The van der Waals surface area contributed by atoms with Crippen LogP contribution >= 0.6 is 0 Å². The second kappa shape index (κ2) is 16.6. The van der Waals surface area contributed by atoms with Gasteiger partial charge in [-0.1, -0.05) is 193 Å². The lowest BCUT2D eigenvalue weighted by atomic mass is 9.85. The van der Waals surface area contributed by atoms with Crippen LogP contribution in [-0.4, -0.2) is 42.2 Å². The molecule has 5 aromatic rings. The summed E-state index contributed by atoms with van der Waals surface area (Å²) in [6, 6.07) is 51.3. The van der Waals surface area contributed by atoms with Crippen LogP contribution in [-0.2, 0) is 20.2 Å². The molecule has 5 aromatic carbocycles. The molecule has 5 nitrogen and oxygen atoms in total. The second-order valence-electron chi connectivity index (χ2n) is 14.9. The maximum Gasteiger partial charge on any atom is 0.407 e. The predicted molar refractivity (Wildman–Crippen MR) is 211 cm³/mol. The minimum atomic E-state index is -2.94. The molecule has 0 spiro atoms. The van der Waals surface area contributed by atoms with Gasteiger partial charge in [-0.05, 0) is 36.8 Å². The van der Waals surface area contributed by atoms with E-state index in [4.69, 9.17) is 13.6 Å². The first-order valence-corrected chi connectivity index (χ1v) is 21.0. The van der Waals surface area contributed by atoms with Gasteiger partial charge < -0.3 is 18.9 Å². The Hall–Kier alpha value is -4.28. The SMILES string of the molecule is CC(C)(C)C(O[SiH](c1ccccc1)c1ccccc1)C(CO[Si](c1ccccc1)(c1ccccc1)C(C)(C)C)NC(=O)OCc1ccccc1. The Balaban J connectivity index is 1.57. The van der Waals surface area contributed by atoms with Crippen LogP contribution in [0.15, 0.2) is 152 Å². The highest BCUT2D eigenvalue weighted by Gasteiger charge is 2.51. The lowest BCUT2D eigenvalue weighted by Crippen LogP contribution is -2.68. The highest BCUT2D eigenvalue weighted by molar-refractivity contribution is 6.99. The van der Waals surface area contributed by atoms with Gasteiger partial charge in [-0.15, -0.1) is 0 Å². The van der Waals surface area contributed by atoms with Crippen LogP contribution in [0.2, 0.25) is 5.04 Å². The van der Waals surface area contributed by atoms with Crippen LogP contribution in [0.3, 0.4) is 0 Å². The molecule has 0 heterocycles. The quantitative estimate of drug-likeness (QED) is 0.137. The zero-order chi connectivity index (χ0) is 35.6. The van der Waals surface area contributed by atoms with E-state index >= 15 is 0 Å². The fraction of sp³-hybridized carbons (Fsp3) is 0.279. The van der Waals surface area contributed by atoms with Crippen molar-refractivity contribution in [1.29, 1.82) is 0 Å². The molecule has 260 valence electrons. The van der Waals surface area contributed by atoms with Crippen LogP contribution in [0.5, 0.6) is 0 Å². The summed E-state index contributed by atoms with van der Waals surface area (Å²) in [6.07, 6.45) is -0.914. The summed E-state index contributed by atoms with van der Waals surface area (Å²) in [4.78, 5) is 13.7. The van der Waals surface area contributed by atoms with E-state index in [-0.39, 0.29) is 23.7 Å². The van der Waals surface area contributed by atoms with Gasteiger partial charge in [0.1, 0.15) is 6.61 Å².